The number of aliphatic carboxylic acids is 1. The van der Waals surface area contributed by atoms with Crippen molar-refractivity contribution in [1.82, 2.24) is 9.80 Å². The summed E-state index contributed by atoms with van der Waals surface area (Å²) in [4.78, 5) is 26.3. The highest BCUT2D eigenvalue weighted by atomic mass is 16.4. The van der Waals surface area contributed by atoms with E-state index in [4.69, 9.17) is 5.11 Å². The molecule has 0 bridgehead atoms. The molecular weight excluding hydrogens is 220 g/mol. The Morgan fingerprint density at radius 1 is 1.59 bits per heavy atom. The molecule has 1 aliphatic heterocycles. The van der Waals surface area contributed by atoms with E-state index in [2.05, 4.69) is 6.58 Å². The highest BCUT2D eigenvalue weighted by molar-refractivity contribution is 5.91. The number of carbonyl (C=O) groups excluding carboxylic acids is 1. The molecular formula is C12H18N2O3. The fourth-order valence-electron chi connectivity index (χ4n) is 2.15. The average Bonchev–Trinajstić information content (AvgIpc) is 2.60. The Bertz CT molecular complexity index is 385. The van der Waals surface area contributed by atoms with Gasteiger partial charge < -0.3 is 14.9 Å². The molecule has 0 aromatic carbocycles. The molecule has 0 aliphatic carbocycles. The molecule has 1 rings (SSSR count). The van der Waals surface area contributed by atoms with Gasteiger partial charge in [0.1, 0.15) is 0 Å². The molecule has 1 unspecified atom stereocenters. The minimum Gasteiger partial charge on any atom is -0.478 e. The Morgan fingerprint density at radius 2 is 2.18 bits per heavy atom. The van der Waals surface area contributed by atoms with Crippen LogP contribution in [0.15, 0.2) is 24.0 Å². The molecule has 0 spiro atoms. The van der Waals surface area contributed by atoms with Gasteiger partial charge in [0, 0.05) is 26.3 Å². The highest BCUT2D eigenvalue weighted by Gasteiger charge is 2.35. The second kappa shape index (κ2) is 5.03. The van der Waals surface area contributed by atoms with Crippen molar-refractivity contribution >= 4 is 11.9 Å². The van der Waals surface area contributed by atoms with Crippen LogP contribution in [-0.4, -0.2) is 47.4 Å². The summed E-state index contributed by atoms with van der Waals surface area (Å²) >= 11 is 0. The third kappa shape index (κ3) is 2.49. The van der Waals surface area contributed by atoms with Crippen molar-refractivity contribution < 1.29 is 14.7 Å². The number of nitrogens with zero attached hydrogens (tertiary/aromatic N) is 2. The van der Waals surface area contributed by atoms with Gasteiger partial charge in [0.05, 0.1) is 11.5 Å². The van der Waals surface area contributed by atoms with Crippen molar-refractivity contribution in [2.75, 3.05) is 20.6 Å². The fourth-order valence-corrected chi connectivity index (χ4v) is 2.15. The van der Waals surface area contributed by atoms with Gasteiger partial charge in [-0.25, -0.2) is 4.79 Å². The lowest BCUT2D eigenvalue weighted by molar-refractivity contribution is -0.132. The number of hydrogen-bond acceptors (Lipinski definition) is 3. The van der Waals surface area contributed by atoms with Crippen molar-refractivity contribution in [2.45, 2.75) is 13.3 Å². The van der Waals surface area contributed by atoms with Gasteiger partial charge in [-0.2, -0.15) is 0 Å². The third-order valence-corrected chi connectivity index (χ3v) is 2.98. The fraction of sp³-hybridized carbons (Fsp3) is 0.500. The monoisotopic (exact) mass is 238 g/mol. The Kier molecular flexibility index (Phi) is 3.93. The number of rotatable bonds is 4. The Balaban J connectivity index is 3.11. The van der Waals surface area contributed by atoms with E-state index >= 15 is 0 Å². The molecule has 94 valence electrons. The predicted molar refractivity (Wildman–Crippen MR) is 64.0 cm³/mol. The van der Waals surface area contributed by atoms with Crippen molar-refractivity contribution in [3.8, 4) is 0 Å². The topological polar surface area (TPSA) is 60.9 Å². The molecule has 1 N–H and O–H groups in total. The van der Waals surface area contributed by atoms with Gasteiger partial charge >= 0.3 is 5.97 Å². The zero-order valence-electron chi connectivity index (χ0n) is 10.4. The first-order chi connectivity index (χ1) is 7.90. The summed E-state index contributed by atoms with van der Waals surface area (Å²) in [6.45, 7) is 5.69. The molecule has 0 aromatic heterocycles. The van der Waals surface area contributed by atoms with E-state index in [1.807, 2.05) is 0 Å². The summed E-state index contributed by atoms with van der Waals surface area (Å²) in [5.74, 6) is -1.44. The lowest BCUT2D eigenvalue weighted by Gasteiger charge is -2.23. The lowest BCUT2D eigenvalue weighted by atomic mass is 9.98. The number of carbonyl (C=O) groups is 2. The SMILES string of the molecule is C=CN1CCC(/C(=C(/C)C(=O)O)N(C)C)C1=O. The first kappa shape index (κ1) is 13.3. The summed E-state index contributed by atoms with van der Waals surface area (Å²) in [7, 11) is 3.51. The summed E-state index contributed by atoms with van der Waals surface area (Å²) < 4.78 is 0. The maximum absolute atomic E-state index is 12.0. The minimum absolute atomic E-state index is 0.0794. The number of carboxylic acid groups (broad SMARTS) is 1. The van der Waals surface area contributed by atoms with Crippen molar-refractivity contribution in [3.05, 3.63) is 24.0 Å². The van der Waals surface area contributed by atoms with Gasteiger partial charge in [-0.1, -0.05) is 6.58 Å². The molecule has 1 heterocycles. The van der Waals surface area contributed by atoms with Crippen molar-refractivity contribution in [1.29, 1.82) is 0 Å². The molecule has 1 saturated heterocycles. The van der Waals surface area contributed by atoms with E-state index < -0.39 is 5.97 Å². The number of amides is 1. The van der Waals surface area contributed by atoms with E-state index in [9.17, 15) is 9.59 Å². The molecule has 17 heavy (non-hydrogen) atoms. The van der Waals surface area contributed by atoms with E-state index in [0.29, 0.717) is 18.7 Å². The molecule has 1 amide bonds. The van der Waals surface area contributed by atoms with Gasteiger partial charge in [-0.05, 0) is 19.5 Å². The van der Waals surface area contributed by atoms with Gasteiger partial charge in [0.25, 0.3) is 0 Å². The normalized spacial score (nSPS) is 21.2. The van der Waals surface area contributed by atoms with Gasteiger partial charge in [0.15, 0.2) is 0 Å². The number of likely N-dealkylation sites (tertiary alicyclic amines) is 1. The molecule has 1 fully saturated rings. The zero-order chi connectivity index (χ0) is 13.2. The summed E-state index contributed by atoms with van der Waals surface area (Å²) in [5, 5.41) is 9.04. The van der Waals surface area contributed by atoms with E-state index in [-0.39, 0.29) is 17.4 Å². The average molecular weight is 238 g/mol. The predicted octanol–water partition coefficient (Wildman–Crippen LogP) is 0.899. The Labute approximate surface area is 101 Å². The van der Waals surface area contributed by atoms with Crippen molar-refractivity contribution in [3.63, 3.8) is 0 Å². The minimum atomic E-state index is -0.987. The Morgan fingerprint density at radius 3 is 2.53 bits per heavy atom. The molecule has 5 heteroatoms. The standard InChI is InChI=1S/C12H18N2O3/c1-5-14-7-6-9(11(14)15)10(13(3)4)8(2)12(16)17/h5,9H,1,6-7H2,2-4H3,(H,16,17)/b10-8+. The number of hydrogen-bond donors (Lipinski definition) is 1. The van der Waals surface area contributed by atoms with Crippen LogP contribution >= 0.6 is 0 Å². The van der Waals surface area contributed by atoms with Crippen LogP contribution in [-0.2, 0) is 9.59 Å². The maximum atomic E-state index is 12.0. The van der Waals surface area contributed by atoms with E-state index in [0.717, 1.165) is 0 Å². The molecule has 0 radical (unpaired) electrons. The highest BCUT2D eigenvalue weighted by Crippen LogP contribution is 2.28. The molecule has 0 saturated carbocycles. The van der Waals surface area contributed by atoms with Crippen LogP contribution < -0.4 is 0 Å². The summed E-state index contributed by atoms with van der Waals surface area (Å²) in [5.41, 5.74) is 0.797. The molecule has 0 aromatic rings. The first-order valence-corrected chi connectivity index (χ1v) is 5.44. The van der Waals surface area contributed by atoms with Crippen LogP contribution in [0.1, 0.15) is 13.3 Å². The van der Waals surface area contributed by atoms with E-state index in [1.54, 1.807) is 19.0 Å². The van der Waals surface area contributed by atoms with Crippen LogP contribution in [0.3, 0.4) is 0 Å². The second-order valence-corrected chi connectivity index (χ2v) is 4.27. The van der Waals surface area contributed by atoms with Crippen molar-refractivity contribution in [2.24, 2.45) is 5.92 Å². The van der Waals surface area contributed by atoms with Crippen LogP contribution in [0, 0.1) is 5.92 Å². The second-order valence-electron chi connectivity index (χ2n) is 4.27. The smallest absolute Gasteiger partial charge is 0.333 e. The first-order valence-electron chi connectivity index (χ1n) is 5.44. The van der Waals surface area contributed by atoms with Crippen LogP contribution in [0.2, 0.25) is 0 Å². The van der Waals surface area contributed by atoms with Gasteiger partial charge in [-0.3, -0.25) is 4.79 Å². The van der Waals surface area contributed by atoms with Crippen LogP contribution in [0.4, 0.5) is 0 Å². The molecule has 5 nitrogen and oxygen atoms in total. The summed E-state index contributed by atoms with van der Waals surface area (Å²) in [6.07, 6.45) is 2.12. The summed E-state index contributed by atoms with van der Waals surface area (Å²) in [6, 6.07) is 0. The van der Waals surface area contributed by atoms with Gasteiger partial charge in [-0.15, -0.1) is 0 Å². The maximum Gasteiger partial charge on any atom is 0.333 e. The van der Waals surface area contributed by atoms with E-state index in [1.165, 1.54) is 18.0 Å². The third-order valence-electron chi connectivity index (χ3n) is 2.98. The van der Waals surface area contributed by atoms with Crippen LogP contribution in [0.25, 0.3) is 0 Å². The van der Waals surface area contributed by atoms with Crippen LogP contribution in [0.5, 0.6) is 0 Å². The zero-order valence-corrected chi connectivity index (χ0v) is 10.4. The van der Waals surface area contributed by atoms with Gasteiger partial charge in [0.2, 0.25) is 5.91 Å². The quantitative estimate of drug-likeness (QED) is 0.739. The Hall–Kier alpha value is -1.78. The molecule has 1 atom stereocenters. The largest absolute Gasteiger partial charge is 0.478 e. The number of carboxylic acids is 1. The molecule has 1 aliphatic rings. The lowest BCUT2D eigenvalue weighted by Crippen LogP contribution is -2.29.